The van der Waals surface area contributed by atoms with Crippen LogP contribution in [0.15, 0.2) is 28.7 Å². The number of hydrazone groups is 1. The number of thiophene rings is 1. The highest BCUT2D eigenvalue weighted by Gasteiger charge is 2.25. The van der Waals surface area contributed by atoms with Gasteiger partial charge in [0.25, 0.3) is 5.91 Å². The molecule has 3 rings (SSSR count). The van der Waals surface area contributed by atoms with Crippen LogP contribution in [0.1, 0.15) is 15.2 Å². The molecule has 0 aliphatic carbocycles. The van der Waals surface area contributed by atoms with E-state index in [4.69, 9.17) is 18.9 Å². The molecule has 0 bridgehead atoms. The van der Waals surface area contributed by atoms with Crippen molar-refractivity contribution in [1.29, 1.82) is 0 Å². The van der Waals surface area contributed by atoms with E-state index >= 15 is 0 Å². The summed E-state index contributed by atoms with van der Waals surface area (Å²) in [4.78, 5) is 12.4. The van der Waals surface area contributed by atoms with E-state index < -0.39 is 0 Å². The fourth-order valence-electron chi connectivity index (χ4n) is 2.32. The van der Waals surface area contributed by atoms with E-state index in [0.29, 0.717) is 34.3 Å². The highest BCUT2D eigenvalue weighted by molar-refractivity contribution is 7.12. The van der Waals surface area contributed by atoms with Gasteiger partial charge in [0.15, 0.2) is 11.5 Å². The summed E-state index contributed by atoms with van der Waals surface area (Å²) in [5.41, 5.74) is 3.30. The molecular weight excluding hydrogens is 332 g/mol. The van der Waals surface area contributed by atoms with Crippen LogP contribution in [0.4, 0.5) is 0 Å². The van der Waals surface area contributed by atoms with E-state index in [9.17, 15) is 4.79 Å². The SMILES string of the molecule is COc1c(CC=NNC(=O)c2cccs2)cc2c(c1OC)OCO2. The van der Waals surface area contributed by atoms with Crippen LogP contribution in [0.5, 0.6) is 23.0 Å². The van der Waals surface area contributed by atoms with Gasteiger partial charge in [-0.05, 0) is 17.5 Å². The molecule has 0 spiro atoms. The number of nitrogens with zero attached hydrogens (tertiary/aromatic N) is 1. The Morgan fingerprint density at radius 3 is 2.92 bits per heavy atom. The van der Waals surface area contributed by atoms with Gasteiger partial charge in [-0.15, -0.1) is 11.3 Å². The maximum absolute atomic E-state index is 11.8. The lowest BCUT2D eigenvalue weighted by Gasteiger charge is -2.13. The number of benzene rings is 1. The number of carbonyl (C=O) groups is 1. The minimum atomic E-state index is -0.239. The number of hydrogen-bond acceptors (Lipinski definition) is 7. The molecule has 8 heteroatoms. The van der Waals surface area contributed by atoms with Crippen molar-refractivity contribution < 1.29 is 23.7 Å². The summed E-state index contributed by atoms with van der Waals surface area (Å²) in [7, 11) is 3.10. The Hall–Kier alpha value is -2.74. The second kappa shape index (κ2) is 7.22. The molecule has 2 heterocycles. The fourth-order valence-corrected chi connectivity index (χ4v) is 2.93. The number of rotatable bonds is 6. The number of hydrogen-bond donors (Lipinski definition) is 1. The molecule has 1 aromatic carbocycles. The molecule has 0 unspecified atom stereocenters. The van der Waals surface area contributed by atoms with Crippen LogP contribution in [-0.4, -0.2) is 33.1 Å². The first kappa shape index (κ1) is 16.1. The van der Waals surface area contributed by atoms with E-state index in [0.717, 1.165) is 5.56 Å². The molecule has 0 radical (unpaired) electrons. The second-order valence-corrected chi connectivity index (χ2v) is 5.72. The Kier molecular flexibility index (Phi) is 4.85. The Morgan fingerprint density at radius 1 is 1.38 bits per heavy atom. The van der Waals surface area contributed by atoms with Gasteiger partial charge in [-0.3, -0.25) is 4.79 Å². The summed E-state index contributed by atoms with van der Waals surface area (Å²) < 4.78 is 21.6. The minimum Gasteiger partial charge on any atom is -0.492 e. The predicted octanol–water partition coefficient (Wildman–Crippen LogP) is 2.45. The standard InChI is InChI=1S/C16H16N2O5S/c1-20-13-10(8-11-14(15(13)21-2)23-9-22-11)5-6-17-18-16(19)12-4-3-7-24-12/h3-4,6-8H,5,9H2,1-2H3,(H,18,19). The number of ether oxygens (including phenoxy) is 4. The van der Waals surface area contributed by atoms with Gasteiger partial charge in [0.1, 0.15) is 0 Å². The van der Waals surface area contributed by atoms with Crippen molar-refractivity contribution in [3.8, 4) is 23.0 Å². The number of fused-ring (bicyclic) bond motifs is 1. The molecule has 1 amide bonds. The van der Waals surface area contributed by atoms with Crippen LogP contribution < -0.4 is 24.4 Å². The molecule has 2 aromatic rings. The van der Waals surface area contributed by atoms with Crippen LogP contribution in [0, 0.1) is 0 Å². The largest absolute Gasteiger partial charge is 0.492 e. The zero-order valence-electron chi connectivity index (χ0n) is 13.2. The van der Waals surface area contributed by atoms with Crippen molar-refractivity contribution in [2.45, 2.75) is 6.42 Å². The monoisotopic (exact) mass is 348 g/mol. The van der Waals surface area contributed by atoms with Crippen LogP contribution in [0.3, 0.4) is 0 Å². The maximum atomic E-state index is 11.8. The second-order valence-electron chi connectivity index (χ2n) is 4.77. The van der Waals surface area contributed by atoms with E-state index in [-0.39, 0.29) is 12.7 Å². The average molecular weight is 348 g/mol. The summed E-state index contributed by atoms with van der Waals surface area (Å²) in [5.74, 6) is 1.92. The lowest BCUT2D eigenvalue weighted by atomic mass is 10.1. The van der Waals surface area contributed by atoms with Crippen molar-refractivity contribution in [1.82, 2.24) is 5.43 Å². The molecule has 1 N–H and O–H groups in total. The first-order valence-electron chi connectivity index (χ1n) is 7.13. The topological polar surface area (TPSA) is 78.4 Å². The fraction of sp³-hybridized carbons (Fsp3) is 0.250. The third-order valence-electron chi connectivity index (χ3n) is 3.37. The van der Waals surface area contributed by atoms with Crippen molar-refractivity contribution in [2.75, 3.05) is 21.0 Å². The van der Waals surface area contributed by atoms with Crippen molar-refractivity contribution in [2.24, 2.45) is 5.10 Å². The quantitative estimate of drug-likeness (QED) is 0.641. The van der Waals surface area contributed by atoms with Crippen LogP contribution in [0.2, 0.25) is 0 Å². The Labute approximate surface area is 142 Å². The van der Waals surface area contributed by atoms with Gasteiger partial charge < -0.3 is 18.9 Å². The first-order chi connectivity index (χ1) is 11.7. The third-order valence-corrected chi connectivity index (χ3v) is 4.24. The average Bonchev–Trinajstić information content (AvgIpc) is 3.28. The van der Waals surface area contributed by atoms with E-state index in [2.05, 4.69) is 10.5 Å². The smallest absolute Gasteiger partial charge is 0.281 e. The molecule has 0 saturated heterocycles. The Balaban J connectivity index is 1.73. The highest BCUT2D eigenvalue weighted by Crippen LogP contribution is 2.48. The molecule has 0 fully saturated rings. The van der Waals surface area contributed by atoms with Gasteiger partial charge >= 0.3 is 0 Å². The van der Waals surface area contributed by atoms with Gasteiger partial charge in [-0.25, -0.2) is 5.43 Å². The van der Waals surface area contributed by atoms with E-state index in [1.807, 2.05) is 17.5 Å². The number of nitrogens with one attached hydrogen (secondary N) is 1. The molecule has 126 valence electrons. The zero-order chi connectivity index (χ0) is 16.9. The summed E-state index contributed by atoms with van der Waals surface area (Å²) in [6, 6.07) is 5.37. The van der Waals surface area contributed by atoms with Gasteiger partial charge in [0, 0.05) is 18.2 Å². The van der Waals surface area contributed by atoms with Gasteiger partial charge in [-0.2, -0.15) is 5.10 Å². The summed E-state index contributed by atoms with van der Waals surface area (Å²) >= 11 is 1.36. The first-order valence-corrected chi connectivity index (χ1v) is 8.01. The minimum absolute atomic E-state index is 0.142. The number of amides is 1. The van der Waals surface area contributed by atoms with Crippen molar-refractivity contribution >= 4 is 23.5 Å². The van der Waals surface area contributed by atoms with Crippen molar-refractivity contribution in [3.05, 3.63) is 34.0 Å². The lowest BCUT2D eigenvalue weighted by Crippen LogP contribution is -2.16. The Bertz CT molecular complexity index is 758. The predicted molar refractivity (Wildman–Crippen MR) is 89.7 cm³/mol. The van der Waals surface area contributed by atoms with Crippen LogP contribution in [0.25, 0.3) is 0 Å². The van der Waals surface area contributed by atoms with Crippen molar-refractivity contribution in [3.63, 3.8) is 0 Å². The molecule has 0 saturated carbocycles. The van der Waals surface area contributed by atoms with E-state index in [1.54, 1.807) is 26.5 Å². The lowest BCUT2D eigenvalue weighted by molar-refractivity contribution is 0.0959. The molecule has 1 aliphatic heterocycles. The zero-order valence-corrected chi connectivity index (χ0v) is 14.0. The summed E-state index contributed by atoms with van der Waals surface area (Å²) in [5, 5.41) is 5.80. The highest BCUT2D eigenvalue weighted by atomic mass is 32.1. The molecule has 0 atom stereocenters. The van der Waals surface area contributed by atoms with Gasteiger partial charge in [-0.1, -0.05) is 6.07 Å². The van der Waals surface area contributed by atoms with Crippen LogP contribution in [-0.2, 0) is 6.42 Å². The summed E-state index contributed by atoms with van der Waals surface area (Å²) in [6.45, 7) is 0.142. The van der Waals surface area contributed by atoms with E-state index in [1.165, 1.54) is 11.3 Å². The molecule has 1 aromatic heterocycles. The van der Waals surface area contributed by atoms with Gasteiger partial charge in [0.05, 0.1) is 19.1 Å². The van der Waals surface area contributed by atoms with Crippen LogP contribution >= 0.6 is 11.3 Å². The number of methoxy groups -OCH3 is 2. The number of carbonyl (C=O) groups excluding carboxylic acids is 1. The van der Waals surface area contributed by atoms with Gasteiger partial charge in [0.2, 0.25) is 18.3 Å². The molecule has 1 aliphatic rings. The normalized spacial score (nSPS) is 12.4. The molecular formula is C16H16N2O5S. The Morgan fingerprint density at radius 2 is 2.21 bits per heavy atom. The summed E-state index contributed by atoms with van der Waals surface area (Å²) in [6.07, 6.45) is 2.02. The molecule has 24 heavy (non-hydrogen) atoms. The third kappa shape index (κ3) is 3.13. The maximum Gasteiger partial charge on any atom is 0.281 e. The molecule has 7 nitrogen and oxygen atoms in total.